The molecular weight excluding hydrogens is 149 g/mol. The maximum atomic E-state index is 2.93. The normalized spacial score (nSPS) is 6.82. The molecule has 0 aliphatic rings. The van der Waals surface area contributed by atoms with E-state index in [-0.39, 0.29) is 14.1 Å². The van der Waals surface area contributed by atoms with E-state index in [1.54, 1.807) is 0 Å². The van der Waals surface area contributed by atoms with Crippen LogP contribution in [0.4, 0.5) is 0 Å². The summed E-state index contributed by atoms with van der Waals surface area (Å²) in [6, 6.07) is 0. The first kappa shape index (κ1) is 17.5. The number of nitrogens with one attached hydrogen (secondary N) is 1. The second-order valence-electron chi connectivity index (χ2n) is 3.15. The van der Waals surface area contributed by atoms with E-state index in [2.05, 4.69) is 43.4 Å². The Labute approximate surface area is 78.0 Å². The van der Waals surface area contributed by atoms with Gasteiger partial charge in [-0.05, 0) is 13.6 Å². The summed E-state index contributed by atoms with van der Waals surface area (Å²) in [5, 5.41) is 2.93. The van der Waals surface area contributed by atoms with Gasteiger partial charge < -0.3 is 5.32 Å². The van der Waals surface area contributed by atoms with Crippen molar-refractivity contribution in [2.24, 2.45) is 0 Å². The van der Waals surface area contributed by atoms with Crippen LogP contribution in [0.1, 0.15) is 27.2 Å². The summed E-state index contributed by atoms with van der Waals surface area (Å²) in [5.74, 6) is 6.92. The monoisotopic (exact) mass is 175 g/mol. The van der Waals surface area contributed by atoms with Gasteiger partial charge in [-0.25, -0.2) is 0 Å². The Bertz CT molecular complexity index is 33.8. The van der Waals surface area contributed by atoms with Crippen molar-refractivity contribution in [2.75, 3.05) is 13.6 Å². The molecule has 0 aromatic heterocycles. The van der Waals surface area contributed by atoms with Crippen molar-refractivity contribution in [3.05, 3.63) is 0 Å². The van der Waals surface area contributed by atoms with Gasteiger partial charge in [0.2, 0.25) is 0 Å². The zero-order valence-electron chi connectivity index (χ0n) is 9.49. The van der Waals surface area contributed by atoms with Crippen LogP contribution in [0, 0.1) is 0 Å². The summed E-state index contributed by atoms with van der Waals surface area (Å²) >= 11 is -0.139. The zero-order chi connectivity index (χ0) is 9.70. The van der Waals surface area contributed by atoms with E-state index in [4.69, 9.17) is 0 Å². The van der Waals surface area contributed by atoms with Crippen LogP contribution in [-0.4, -0.2) is 27.7 Å². The lowest BCUT2D eigenvalue weighted by Crippen LogP contribution is -2.01. The van der Waals surface area contributed by atoms with Crippen molar-refractivity contribution in [3.63, 3.8) is 0 Å². The molecule has 0 unspecified atom stereocenters. The Morgan fingerprint density at radius 3 is 1.09 bits per heavy atom. The molecule has 0 spiro atoms. The van der Waals surface area contributed by atoms with Crippen molar-refractivity contribution in [2.45, 2.75) is 44.5 Å². The third kappa shape index (κ3) is 340. The van der Waals surface area contributed by atoms with Crippen molar-refractivity contribution < 1.29 is 0 Å². The molecule has 0 aliphatic carbocycles. The zero-order valence-corrected chi connectivity index (χ0v) is 10.6. The molecule has 0 bridgehead atoms. The Morgan fingerprint density at radius 1 is 1.00 bits per heavy atom. The highest BCUT2D eigenvalue weighted by atomic mass is 27.2. The summed E-state index contributed by atoms with van der Waals surface area (Å²) in [6.07, 6.45) is 1.25. The molecule has 0 rings (SSSR count). The van der Waals surface area contributed by atoms with Gasteiger partial charge in [0, 0.05) is 0 Å². The summed E-state index contributed by atoms with van der Waals surface area (Å²) in [7, 11) is 1.93. The smallest absolute Gasteiger partial charge is 0.251 e. The second kappa shape index (κ2) is 22.4. The predicted octanol–water partition coefficient (Wildman–Crippen LogP) is 3.01. The molecule has 70 valence electrons. The topological polar surface area (TPSA) is 12.0 Å². The van der Waals surface area contributed by atoms with E-state index >= 15 is 0 Å². The Balaban J connectivity index is -0.0000000886. The van der Waals surface area contributed by atoms with Crippen LogP contribution < -0.4 is 5.32 Å². The predicted molar refractivity (Wildman–Crippen MR) is 58.9 cm³/mol. The van der Waals surface area contributed by atoms with Crippen LogP contribution in [-0.2, 0) is 0 Å². The molecule has 0 amide bonds. The fourth-order valence-corrected chi connectivity index (χ4v) is 0. The molecule has 0 atom stereocenters. The lowest BCUT2D eigenvalue weighted by molar-refractivity contribution is 0.864. The van der Waals surface area contributed by atoms with Gasteiger partial charge in [0.05, 0.1) is 0 Å². The molecule has 0 radical (unpaired) electrons. The SMILES string of the molecule is CCC.CCNC.[CH3][Al]([CH3])[CH3]. The maximum absolute atomic E-state index is 2.93. The van der Waals surface area contributed by atoms with E-state index < -0.39 is 0 Å². The van der Waals surface area contributed by atoms with E-state index in [1.807, 2.05) is 7.05 Å². The number of hydrogen-bond acceptors (Lipinski definition) is 1. The highest BCUT2D eigenvalue weighted by molar-refractivity contribution is 6.54. The van der Waals surface area contributed by atoms with Gasteiger partial charge in [-0.2, -0.15) is 0 Å². The van der Waals surface area contributed by atoms with E-state index in [9.17, 15) is 0 Å². The third-order valence-electron chi connectivity index (χ3n) is 0.354. The van der Waals surface area contributed by atoms with Gasteiger partial charge in [0.15, 0.2) is 0 Å². The van der Waals surface area contributed by atoms with Gasteiger partial charge in [-0.15, -0.1) is 17.4 Å². The first-order valence-electron chi connectivity index (χ1n) is 4.71. The summed E-state index contributed by atoms with van der Waals surface area (Å²) in [5.41, 5.74) is 0. The quantitative estimate of drug-likeness (QED) is 0.604. The highest BCUT2D eigenvalue weighted by Crippen LogP contribution is 1.68. The van der Waals surface area contributed by atoms with Crippen molar-refractivity contribution in [3.8, 4) is 0 Å². The van der Waals surface area contributed by atoms with Gasteiger partial charge in [-0.1, -0.05) is 27.2 Å². The van der Waals surface area contributed by atoms with Crippen LogP contribution in [0.25, 0.3) is 0 Å². The Morgan fingerprint density at radius 2 is 1.09 bits per heavy atom. The fraction of sp³-hybridized carbons (Fsp3) is 1.00. The highest BCUT2D eigenvalue weighted by Gasteiger charge is 1.81. The van der Waals surface area contributed by atoms with Gasteiger partial charge in [-0.3, -0.25) is 0 Å². The van der Waals surface area contributed by atoms with Crippen LogP contribution in [0.2, 0.25) is 17.4 Å². The first-order valence-corrected chi connectivity index (χ1v) is 8.17. The largest absolute Gasteiger partial charge is 0.320 e. The minimum absolute atomic E-state index is 0.139. The van der Waals surface area contributed by atoms with Gasteiger partial charge in [0.25, 0.3) is 14.1 Å². The molecule has 0 heterocycles. The summed E-state index contributed by atoms with van der Waals surface area (Å²) < 4.78 is 0. The molecule has 0 aromatic carbocycles. The number of hydrogen-bond donors (Lipinski definition) is 1. The van der Waals surface area contributed by atoms with Gasteiger partial charge >= 0.3 is 0 Å². The van der Waals surface area contributed by atoms with E-state index in [0.717, 1.165) is 6.54 Å². The number of rotatable bonds is 1. The molecule has 1 N–H and O–H groups in total. The van der Waals surface area contributed by atoms with E-state index in [1.165, 1.54) is 6.42 Å². The van der Waals surface area contributed by atoms with Crippen LogP contribution in [0.15, 0.2) is 0 Å². The molecule has 0 aliphatic heterocycles. The molecule has 2 heteroatoms. The Kier molecular flexibility index (Phi) is 35.8. The average Bonchev–Trinajstić information content (AvgIpc) is 1.88. The molecule has 11 heavy (non-hydrogen) atoms. The molecule has 0 saturated heterocycles. The van der Waals surface area contributed by atoms with Crippen molar-refractivity contribution in [1.82, 2.24) is 5.32 Å². The molecule has 0 fully saturated rings. The standard InChI is InChI=1S/C3H9N.C3H8.3CH3.Al/c1-3-4-2;1-3-2;;;;/h4H,3H2,1-2H3;3H2,1-2H3;3*1H3;. The van der Waals surface area contributed by atoms with Gasteiger partial charge in [0.1, 0.15) is 0 Å². The molecule has 0 aromatic rings. The molecule has 0 saturated carbocycles. The second-order valence-corrected chi connectivity index (χ2v) is 6.61. The summed E-state index contributed by atoms with van der Waals surface area (Å²) in [4.78, 5) is 0. The van der Waals surface area contributed by atoms with Crippen molar-refractivity contribution >= 4 is 14.1 Å². The molecule has 1 nitrogen and oxygen atoms in total. The molecular formula is C9H26AlN. The lowest BCUT2D eigenvalue weighted by Gasteiger charge is -1.76. The van der Waals surface area contributed by atoms with Crippen LogP contribution in [0.5, 0.6) is 0 Å². The first-order chi connectivity index (χ1) is 5.06. The minimum atomic E-state index is -0.139. The van der Waals surface area contributed by atoms with E-state index in [0.29, 0.717) is 0 Å². The summed E-state index contributed by atoms with van der Waals surface area (Å²) in [6.45, 7) is 7.39. The third-order valence-corrected chi connectivity index (χ3v) is 0.354. The maximum Gasteiger partial charge on any atom is 0.251 e. The Hall–Kier alpha value is 0.492. The minimum Gasteiger partial charge on any atom is -0.320 e. The van der Waals surface area contributed by atoms with Crippen molar-refractivity contribution in [1.29, 1.82) is 0 Å². The fourth-order valence-electron chi connectivity index (χ4n) is 0. The van der Waals surface area contributed by atoms with Crippen LogP contribution in [0.3, 0.4) is 0 Å². The average molecular weight is 175 g/mol. The lowest BCUT2D eigenvalue weighted by atomic mass is 10.6. The van der Waals surface area contributed by atoms with Crippen LogP contribution >= 0.6 is 0 Å².